The Morgan fingerprint density at radius 2 is 1.54 bits per heavy atom. The minimum absolute atomic E-state index is 0.540. The molecule has 3 aromatic rings. The van der Waals surface area contributed by atoms with E-state index in [1.807, 2.05) is 18.2 Å². The number of anilines is 5. The molecule has 1 aromatic heterocycles. The molecule has 0 atom stereocenters. The van der Waals surface area contributed by atoms with Gasteiger partial charge in [0.1, 0.15) is 23.7 Å². The highest BCUT2D eigenvalue weighted by Gasteiger charge is 2.12. The van der Waals surface area contributed by atoms with E-state index in [9.17, 15) is 0 Å². The quantitative estimate of drug-likeness (QED) is 0.596. The number of halogens is 1. The minimum Gasteiger partial charge on any atom is -0.495 e. The molecule has 1 aliphatic rings. The summed E-state index contributed by atoms with van der Waals surface area (Å²) >= 11 is 6.18. The molecule has 0 amide bonds. The molecule has 1 aliphatic heterocycles. The molecule has 0 saturated carbocycles. The first-order chi connectivity index (χ1) is 13.7. The molecule has 0 aliphatic carbocycles. The van der Waals surface area contributed by atoms with Gasteiger partial charge < -0.3 is 20.3 Å². The number of aromatic nitrogens is 2. The molecule has 4 rings (SSSR count). The highest BCUT2D eigenvalue weighted by molar-refractivity contribution is 6.32. The number of hydrogen-bond acceptors (Lipinski definition) is 6. The SMILES string of the molecule is COc1ccc(Nc2cc(Nc3ccc(N4CCCC4)cc3)ncn2)cc1Cl. The molecule has 2 heterocycles. The van der Waals surface area contributed by atoms with Gasteiger partial charge in [0, 0.05) is 36.2 Å². The van der Waals surface area contributed by atoms with Gasteiger partial charge in [-0.1, -0.05) is 11.6 Å². The van der Waals surface area contributed by atoms with Crippen LogP contribution >= 0.6 is 11.6 Å². The van der Waals surface area contributed by atoms with Crippen LogP contribution in [0.3, 0.4) is 0 Å². The van der Waals surface area contributed by atoms with Crippen molar-refractivity contribution in [1.29, 1.82) is 0 Å². The number of benzene rings is 2. The smallest absolute Gasteiger partial charge is 0.137 e. The van der Waals surface area contributed by atoms with Gasteiger partial charge in [0.2, 0.25) is 0 Å². The van der Waals surface area contributed by atoms with Gasteiger partial charge in [0.15, 0.2) is 0 Å². The van der Waals surface area contributed by atoms with Crippen LogP contribution in [0.4, 0.5) is 28.7 Å². The monoisotopic (exact) mass is 395 g/mol. The Hall–Kier alpha value is -2.99. The maximum absolute atomic E-state index is 6.18. The van der Waals surface area contributed by atoms with Crippen molar-refractivity contribution in [2.75, 3.05) is 35.7 Å². The van der Waals surface area contributed by atoms with Crippen molar-refractivity contribution in [1.82, 2.24) is 9.97 Å². The van der Waals surface area contributed by atoms with Crippen LogP contribution in [0.5, 0.6) is 5.75 Å². The Labute approximate surface area is 169 Å². The summed E-state index contributed by atoms with van der Waals surface area (Å²) in [6.07, 6.45) is 4.07. The van der Waals surface area contributed by atoms with Crippen LogP contribution in [0.1, 0.15) is 12.8 Å². The molecule has 0 spiro atoms. The van der Waals surface area contributed by atoms with Gasteiger partial charge in [0.25, 0.3) is 0 Å². The Morgan fingerprint density at radius 3 is 2.18 bits per heavy atom. The van der Waals surface area contributed by atoms with E-state index in [1.165, 1.54) is 24.9 Å². The molecule has 2 aromatic carbocycles. The molecule has 0 unspecified atom stereocenters. The van der Waals surface area contributed by atoms with Crippen molar-refractivity contribution in [2.24, 2.45) is 0 Å². The van der Waals surface area contributed by atoms with Crippen molar-refractivity contribution in [2.45, 2.75) is 12.8 Å². The average molecular weight is 396 g/mol. The number of nitrogens with zero attached hydrogens (tertiary/aromatic N) is 3. The van der Waals surface area contributed by atoms with Gasteiger partial charge in [-0.25, -0.2) is 9.97 Å². The molecule has 0 radical (unpaired) electrons. The van der Waals surface area contributed by atoms with Crippen LogP contribution in [0.25, 0.3) is 0 Å². The van der Waals surface area contributed by atoms with E-state index in [2.05, 4.69) is 49.8 Å². The van der Waals surface area contributed by atoms with Gasteiger partial charge in [-0.05, 0) is 55.3 Å². The van der Waals surface area contributed by atoms with Crippen LogP contribution in [0.15, 0.2) is 54.9 Å². The average Bonchev–Trinajstić information content (AvgIpc) is 3.24. The Kier molecular flexibility index (Phi) is 5.48. The van der Waals surface area contributed by atoms with Crippen LogP contribution in [0.2, 0.25) is 5.02 Å². The van der Waals surface area contributed by atoms with Crippen molar-refractivity contribution in [3.63, 3.8) is 0 Å². The second-order valence-corrected chi connectivity index (χ2v) is 7.04. The van der Waals surface area contributed by atoms with Gasteiger partial charge >= 0.3 is 0 Å². The summed E-state index contributed by atoms with van der Waals surface area (Å²) in [4.78, 5) is 11.0. The molecule has 1 saturated heterocycles. The lowest BCUT2D eigenvalue weighted by Gasteiger charge is -2.18. The summed E-state index contributed by atoms with van der Waals surface area (Å²) in [5.41, 5.74) is 3.08. The summed E-state index contributed by atoms with van der Waals surface area (Å²) in [6.45, 7) is 2.28. The fourth-order valence-corrected chi connectivity index (χ4v) is 3.52. The third-order valence-corrected chi connectivity index (χ3v) is 5.00. The molecule has 0 bridgehead atoms. The largest absolute Gasteiger partial charge is 0.495 e. The van der Waals surface area contributed by atoms with Gasteiger partial charge in [-0.2, -0.15) is 0 Å². The Balaban J connectivity index is 1.44. The molecule has 7 heteroatoms. The van der Waals surface area contributed by atoms with Crippen molar-refractivity contribution < 1.29 is 4.74 Å². The molecule has 2 N–H and O–H groups in total. The van der Waals surface area contributed by atoms with Crippen LogP contribution < -0.4 is 20.3 Å². The van der Waals surface area contributed by atoms with E-state index in [0.717, 1.165) is 24.5 Å². The zero-order valence-corrected chi connectivity index (χ0v) is 16.4. The first-order valence-electron chi connectivity index (χ1n) is 9.26. The molecule has 1 fully saturated rings. The second-order valence-electron chi connectivity index (χ2n) is 6.63. The van der Waals surface area contributed by atoms with Gasteiger partial charge in [-0.3, -0.25) is 0 Å². The highest BCUT2D eigenvalue weighted by atomic mass is 35.5. The Morgan fingerprint density at radius 1 is 0.893 bits per heavy atom. The molecule has 6 nitrogen and oxygen atoms in total. The standard InChI is InChI=1S/C21H22ClN5O/c1-28-19-9-6-16(12-18(19)22)26-21-13-20(23-14-24-21)25-15-4-7-17(8-5-15)27-10-2-3-11-27/h4-9,12-14H,2-3,10-11H2,1H3,(H2,23,24,25,26). The number of hydrogen-bond donors (Lipinski definition) is 2. The van der Waals surface area contributed by atoms with E-state index in [4.69, 9.17) is 16.3 Å². The number of rotatable bonds is 6. The fourth-order valence-electron chi connectivity index (χ4n) is 3.26. The van der Waals surface area contributed by atoms with E-state index >= 15 is 0 Å². The topological polar surface area (TPSA) is 62.3 Å². The molecule has 28 heavy (non-hydrogen) atoms. The van der Waals surface area contributed by atoms with E-state index in [-0.39, 0.29) is 0 Å². The van der Waals surface area contributed by atoms with Crippen LogP contribution in [-0.4, -0.2) is 30.2 Å². The lowest BCUT2D eigenvalue weighted by atomic mass is 10.2. The summed E-state index contributed by atoms with van der Waals surface area (Å²) in [5, 5.41) is 7.09. The zero-order chi connectivity index (χ0) is 19.3. The summed E-state index contributed by atoms with van der Waals surface area (Å²) in [7, 11) is 1.59. The lowest BCUT2D eigenvalue weighted by molar-refractivity contribution is 0.415. The third kappa shape index (κ3) is 4.28. The lowest BCUT2D eigenvalue weighted by Crippen LogP contribution is -2.17. The van der Waals surface area contributed by atoms with E-state index in [1.54, 1.807) is 13.2 Å². The summed E-state index contributed by atoms with van der Waals surface area (Å²) < 4.78 is 5.18. The number of ether oxygens (including phenoxy) is 1. The summed E-state index contributed by atoms with van der Waals surface area (Å²) in [5.74, 6) is 2.02. The van der Waals surface area contributed by atoms with Crippen LogP contribution in [0, 0.1) is 0 Å². The normalized spacial score (nSPS) is 13.4. The van der Waals surface area contributed by atoms with Crippen LogP contribution in [-0.2, 0) is 0 Å². The van der Waals surface area contributed by atoms with Gasteiger partial charge in [0.05, 0.1) is 12.1 Å². The van der Waals surface area contributed by atoms with Crippen molar-refractivity contribution in [3.05, 3.63) is 59.9 Å². The second kappa shape index (κ2) is 8.35. The van der Waals surface area contributed by atoms with Crippen molar-refractivity contribution >= 4 is 40.3 Å². The number of nitrogens with one attached hydrogen (secondary N) is 2. The minimum atomic E-state index is 0.540. The number of methoxy groups -OCH3 is 1. The maximum Gasteiger partial charge on any atom is 0.137 e. The molecule has 144 valence electrons. The van der Waals surface area contributed by atoms with Crippen molar-refractivity contribution in [3.8, 4) is 5.75 Å². The summed E-state index contributed by atoms with van der Waals surface area (Å²) in [6, 6.07) is 15.8. The first kappa shape index (κ1) is 18.4. The zero-order valence-electron chi connectivity index (χ0n) is 15.7. The fraction of sp³-hybridized carbons (Fsp3) is 0.238. The maximum atomic E-state index is 6.18. The molecular formula is C21H22ClN5O. The predicted molar refractivity (Wildman–Crippen MR) is 114 cm³/mol. The molecular weight excluding hydrogens is 374 g/mol. The highest BCUT2D eigenvalue weighted by Crippen LogP contribution is 2.29. The predicted octanol–water partition coefficient (Wildman–Crippen LogP) is 5.23. The Bertz CT molecular complexity index is 942. The first-order valence-corrected chi connectivity index (χ1v) is 9.64. The van der Waals surface area contributed by atoms with E-state index in [0.29, 0.717) is 22.4 Å². The van der Waals surface area contributed by atoms with Gasteiger partial charge in [-0.15, -0.1) is 0 Å². The third-order valence-electron chi connectivity index (χ3n) is 4.70. The van der Waals surface area contributed by atoms with E-state index < -0.39 is 0 Å².